The zero-order chi connectivity index (χ0) is 19.3. The molecule has 142 valence electrons. The summed E-state index contributed by atoms with van der Waals surface area (Å²) < 4.78 is 10.7. The molecular weight excluding hydrogens is 354 g/mol. The Bertz CT molecular complexity index is 959. The molecule has 6 nitrogen and oxygen atoms in total. The summed E-state index contributed by atoms with van der Waals surface area (Å²) in [7, 11) is 0. The van der Waals surface area contributed by atoms with Crippen molar-refractivity contribution in [1.29, 1.82) is 0 Å². The maximum Gasteiger partial charge on any atom is 0.253 e. The van der Waals surface area contributed by atoms with Crippen molar-refractivity contribution in [2.75, 3.05) is 12.1 Å². The molecule has 0 aliphatic carbocycles. The number of carbonyl (C=O) groups excluding carboxylic acids is 1. The molecule has 1 aromatic heterocycles. The van der Waals surface area contributed by atoms with E-state index < -0.39 is 0 Å². The molecule has 3 aromatic rings. The van der Waals surface area contributed by atoms with Crippen molar-refractivity contribution in [1.82, 2.24) is 10.3 Å². The zero-order valence-corrected chi connectivity index (χ0v) is 15.5. The minimum atomic E-state index is -0.147. The maximum absolute atomic E-state index is 12.4. The van der Waals surface area contributed by atoms with Crippen molar-refractivity contribution >= 4 is 11.7 Å². The number of aromatic nitrogens is 1. The highest BCUT2D eigenvalue weighted by atomic mass is 16.7. The molecule has 4 rings (SSSR count). The third-order valence-electron chi connectivity index (χ3n) is 4.58. The van der Waals surface area contributed by atoms with Gasteiger partial charge in [0.25, 0.3) is 5.91 Å². The average molecular weight is 375 g/mol. The Morgan fingerprint density at radius 1 is 1.07 bits per heavy atom. The number of carbonyl (C=O) groups is 1. The monoisotopic (exact) mass is 375 g/mol. The van der Waals surface area contributed by atoms with Gasteiger partial charge in [-0.25, -0.2) is 4.98 Å². The summed E-state index contributed by atoms with van der Waals surface area (Å²) in [5, 5.41) is 6.23. The van der Waals surface area contributed by atoms with E-state index in [1.807, 2.05) is 55.5 Å². The Kier molecular flexibility index (Phi) is 5.10. The highest BCUT2D eigenvalue weighted by Crippen LogP contribution is 2.32. The van der Waals surface area contributed by atoms with Gasteiger partial charge in [-0.15, -0.1) is 0 Å². The highest BCUT2D eigenvalue weighted by molar-refractivity contribution is 5.94. The molecule has 0 fully saturated rings. The summed E-state index contributed by atoms with van der Waals surface area (Å²) in [6, 6.07) is 19.2. The summed E-state index contributed by atoms with van der Waals surface area (Å²) >= 11 is 0. The van der Waals surface area contributed by atoms with Gasteiger partial charge in [-0.05, 0) is 42.3 Å². The van der Waals surface area contributed by atoms with Crippen LogP contribution in [0.1, 0.15) is 34.5 Å². The molecular formula is C22H21N3O3. The van der Waals surface area contributed by atoms with E-state index in [-0.39, 0.29) is 18.7 Å². The van der Waals surface area contributed by atoms with Crippen LogP contribution in [0.25, 0.3) is 0 Å². The number of anilines is 1. The number of fused-ring (bicyclic) bond motifs is 1. The van der Waals surface area contributed by atoms with Gasteiger partial charge in [-0.1, -0.05) is 36.4 Å². The first-order chi connectivity index (χ1) is 13.7. The summed E-state index contributed by atoms with van der Waals surface area (Å²) in [6.07, 6.45) is 1.58. The number of pyridine rings is 1. The van der Waals surface area contributed by atoms with E-state index in [1.165, 1.54) is 0 Å². The van der Waals surface area contributed by atoms with Gasteiger partial charge in [-0.2, -0.15) is 0 Å². The zero-order valence-electron chi connectivity index (χ0n) is 15.5. The van der Waals surface area contributed by atoms with E-state index in [9.17, 15) is 4.79 Å². The van der Waals surface area contributed by atoms with E-state index >= 15 is 0 Å². The predicted octanol–water partition coefficient (Wildman–Crippen LogP) is 3.91. The number of nitrogens with one attached hydrogen (secondary N) is 2. The molecule has 28 heavy (non-hydrogen) atoms. The SMILES string of the molecule is CC(NC(=O)c1ccc(NCc2ccc3c(c2)OCO3)nc1)c1ccccc1. The Hall–Kier alpha value is -3.54. The molecule has 2 aromatic carbocycles. The Morgan fingerprint density at radius 2 is 1.89 bits per heavy atom. The molecule has 6 heteroatoms. The van der Waals surface area contributed by atoms with Gasteiger partial charge in [0, 0.05) is 12.7 Å². The van der Waals surface area contributed by atoms with Crippen LogP contribution in [-0.4, -0.2) is 17.7 Å². The number of hydrogen-bond donors (Lipinski definition) is 2. The molecule has 1 unspecified atom stereocenters. The van der Waals surface area contributed by atoms with Crippen molar-refractivity contribution < 1.29 is 14.3 Å². The molecule has 2 heterocycles. The molecule has 0 bridgehead atoms. The van der Waals surface area contributed by atoms with Crippen molar-refractivity contribution in [3.8, 4) is 11.5 Å². The van der Waals surface area contributed by atoms with Crippen LogP contribution in [0.4, 0.5) is 5.82 Å². The first-order valence-corrected chi connectivity index (χ1v) is 9.13. The minimum Gasteiger partial charge on any atom is -0.454 e. The lowest BCUT2D eigenvalue weighted by atomic mass is 10.1. The lowest BCUT2D eigenvalue weighted by Crippen LogP contribution is -2.26. The quantitative estimate of drug-likeness (QED) is 0.683. The first-order valence-electron chi connectivity index (χ1n) is 9.13. The van der Waals surface area contributed by atoms with E-state index in [0.717, 1.165) is 22.6 Å². The minimum absolute atomic E-state index is 0.0718. The van der Waals surface area contributed by atoms with Crippen molar-refractivity contribution in [3.63, 3.8) is 0 Å². The third kappa shape index (κ3) is 4.06. The highest BCUT2D eigenvalue weighted by Gasteiger charge is 2.14. The molecule has 0 saturated carbocycles. The second-order valence-electron chi connectivity index (χ2n) is 6.58. The smallest absolute Gasteiger partial charge is 0.253 e. The van der Waals surface area contributed by atoms with Gasteiger partial charge in [0.15, 0.2) is 11.5 Å². The number of amides is 1. The number of nitrogens with zero attached hydrogens (tertiary/aromatic N) is 1. The third-order valence-corrected chi connectivity index (χ3v) is 4.58. The first kappa shape index (κ1) is 17.9. The largest absolute Gasteiger partial charge is 0.454 e. The van der Waals surface area contributed by atoms with Gasteiger partial charge >= 0.3 is 0 Å². The Labute approximate surface area is 163 Å². The van der Waals surface area contributed by atoms with Gasteiger partial charge in [-0.3, -0.25) is 4.79 Å². The summed E-state index contributed by atoms with van der Waals surface area (Å²) in [6.45, 7) is 2.82. The lowest BCUT2D eigenvalue weighted by molar-refractivity contribution is 0.0939. The van der Waals surface area contributed by atoms with Gasteiger partial charge < -0.3 is 20.1 Å². The van der Waals surface area contributed by atoms with E-state index in [0.29, 0.717) is 17.9 Å². The average Bonchev–Trinajstić information content (AvgIpc) is 3.21. The molecule has 1 amide bonds. The molecule has 2 N–H and O–H groups in total. The van der Waals surface area contributed by atoms with Crippen LogP contribution in [0.2, 0.25) is 0 Å². The van der Waals surface area contributed by atoms with Crippen LogP contribution in [-0.2, 0) is 6.54 Å². The number of ether oxygens (including phenoxy) is 2. The Balaban J connectivity index is 1.34. The van der Waals surface area contributed by atoms with Gasteiger partial charge in [0.05, 0.1) is 11.6 Å². The number of rotatable bonds is 6. The van der Waals surface area contributed by atoms with E-state index in [2.05, 4.69) is 15.6 Å². The molecule has 1 aliphatic heterocycles. The number of benzene rings is 2. The second-order valence-corrected chi connectivity index (χ2v) is 6.58. The summed E-state index contributed by atoms with van der Waals surface area (Å²) in [5.41, 5.74) is 2.65. The van der Waals surface area contributed by atoms with Crippen molar-refractivity contribution in [2.24, 2.45) is 0 Å². The summed E-state index contributed by atoms with van der Waals surface area (Å²) in [4.78, 5) is 16.8. The fourth-order valence-corrected chi connectivity index (χ4v) is 2.98. The second kappa shape index (κ2) is 8.00. The van der Waals surface area contributed by atoms with Crippen LogP contribution >= 0.6 is 0 Å². The normalized spacial score (nSPS) is 13.0. The van der Waals surface area contributed by atoms with Crippen LogP contribution < -0.4 is 20.1 Å². The fraction of sp³-hybridized carbons (Fsp3) is 0.182. The van der Waals surface area contributed by atoms with Crippen molar-refractivity contribution in [2.45, 2.75) is 19.5 Å². The standard InChI is InChI=1S/C22H21N3O3/c1-15(17-5-3-2-4-6-17)25-22(26)18-8-10-21(24-13-18)23-12-16-7-9-19-20(11-16)28-14-27-19/h2-11,13,15H,12,14H2,1H3,(H,23,24)(H,25,26). The van der Waals surface area contributed by atoms with Crippen LogP contribution in [0, 0.1) is 0 Å². The van der Waals surface area contributed by atoms with Crippen LogP contribution in [0.5, 0.6) is 11.5 Å². The molecule has 1 aliphatic rings. The topological polar surface area (TPSA) is 72.5 Å². The maximum atomic E-state index is 12.4. The fourth-order valence-electron chi connectivity index (χ4n) is 2.98. The predicted molar refractivity (Wildman–Crippen MR) is 106 cm³/mol. The van der Waals surface area contributed by atoms with Crippen molar-refractivity contribution in [3.05, 3.63) is 83.6 Å². The van der Waals surface area contributed by atoms with E-state index in [4.69, 9.17) is 9.47 Å². The van der Waals surface area contributed by atoms with E-state index in [1.54, 1.807) is 18.3 Å². The van der Waals surface area contributed by atoms with Gasteiger partial charge in [0.2, 0.25) is 6.79 Å². The molecule has 0 saturated heterocycles. The molecule has 0 radical (unpaired) electrons. The van der Waals surface area contributed by atoms with Crippen LogP contribution in [0.3, 0.4) is 0 Å². The number of hydrogen-bond acceptors (Lipinski definition) is 5. The Morgan fingerprint density at radius 3 is 2.68 bits per heavy atom. The molecule has 0 spiro atoms. The molecule has 1 atom stereocenters. The lowest BCUT2D eigenvalue weighted by Gasteiger charge is -2.14. The summed E-state index contributed by atoms with van der Waals surface area (Å²) in [5.74, 6) is 2.07. The van der Waals surface area contributed by atoms with Gasteiger partial charge in [0.1, 0.15) is 5.82 Å². The van der Waals surface area contributed by atoms with Crippen LogP contribution in [0.15, 0.2) is 66.9 Å².